The van der Waals surface area contributed by atoms with Gasteiger partial charge < -0.3 is 4.90 Å². The van der Waals surface area contributed by atoms with Crippen LogP contribution in [0.3, 0.4) is 0 Å². The Morgan fingerprint density at radius 3 is 2.60 bits per heavy atom. The molecule has 0 saturated carbocycles. The van der Waals surface area contributed by atoms with Gasteiger partial charge in [0.15, 0.2) is 9.84 Å². The fraction of sp³-hybridized carbons (Fsp3) is 0.308. The highest BCUT2D eigenvalue weighted by molar-refractivity contribution is 9.10. The molecule has 2 aromatic rings. The average Bonchev–Trinajstić information content (AvgIpc) is 2.38. The maximum absolute atomic E-state index is 11.5. The van der Waals surface area contributed by atoms with Gasteiger partial charge in [0.2, 0.25) is 0 Å². The number of halogens is 2. The van der Waals surface area contributed by atoms with E-state index >= 15 is 0 Å². The van der Waals surface area contributed by atoms with Gasteiger partial charge in [-0.3, -0.25) is 0 Å². The van der Waals surface area contributed by atoms with E-state index in [2.05, 4.69) is 20.9 Å². The topological polar surface area (TPSA) is 50.3 Å². The molecule has 1 fully saturated rings. The van der Waals surface area contributed by atoms with Crippen molar-refractivity contribution in [3.05, 3.63) is 33.8 Å². The van der Waals surface area contributed by atoms with E-state index in [1.54, 1.807) is 6.07 Å². The summed E-state index contributed by atoms with van der Waals surface area (Å²) in [5.41, 5.74) is 0.737. The van der Waals surface area contributed by atoms with Crippen LogP contribution in [0, 0.1) is 0 Å². The number of anilines is 1. The minimum Gasteiger partial charge on any atom is -0.355 e. The standard InChI is InChI=1S/C13H12BrClN2O2S/c14-10-7-9-1-2-12(16-13(9)11(15)8-10)17-3-5-20(18,19)6-4-17/h1-2,7-8H,3-6H2. The van der Waals surface area contributed by atoms with Crippen LogP contribution in [0.1, 0.15) is 0 Å². The van der Waals surface area contributed by atoms with Gasteiger partial charge in [0.1, 0.15) is 5.82 Å². The number of nitrogens with zero attached hydrogens (tertiary/aromatic N) is 2. The molecule has 0 atom stereocenters. The fourth-order valence-electron chi connectivity index (χ4n) is 2.26. The highest BCUT2D eigenvalue weighted by atomic mass is 79.9. The zero-order valence-electron chi connectivity index (χ0n) is 10.5. The van der Waals surface area contributed by atoms with Crippen molar-refractivity contribution in [3.8, 4) is 0 Å². The monoisotopic (exact) mass is 374 g/mol. The summed E-state index contributed by atoms with van der Waals surface area (Å²) in [7, 11) is -2.88. The summed E-state index contributed by atoms with van der Waals surface area (Å²) >= 11 is 9.61. The Morgan fingerprint density at radius 2 is 1.90 bits per heavy atom. The van der Waals surface area contributed by atoms with E-state index in [1.807, 2.05) is 23.1 Å². The minimum atomic E-state index is -2.88. The van der Waals surface area contributed by atoms with E-state index in [9.17, 15) is 8.42 Å². The number of pyridine rings is 1. The van der Waals surface area contributed by atoms with Gasteiger partial charge in [0, 0.05) is 22.9 Å². The Labute approximate surface area is 130 Å². The maximum atomic E-state index is 11.5. The molecule has 1 aromatic carbocycles. The molecule has 0 aliphatic carbocycles. The van der Waals surface area contributed by atoms with Crippen molar-refractivity contribution in [3.63, 3.8) is 0 Å². The van der Waals surface area contributed by atoms with Crippen LogP contribution < -0.4 is 4.90 Å². The molecule has 2 heterocycles. The molecule has 7 heteroatoms. The third-order valence-corrected chi connectivity index (χ3v) is 5.72. The number of fused-ring (bicyclic) bond motifs is 1. The second-order valence-corrected chi connectivity index (χ2v) is 8.39. The Morgan fingerprint density at radius 1 is 1.20 bits per heavy atom. The number of rotatable bonds is 1. The lowest BCUT2D eigenvalue weighted by Gasteiger charge is -2.27. The number of hydrogen-bond donors (Lipinski definition) is 0. The molecule has 106 valence electrons. The van der Waals surface area contributed by atoms with Crippen molar-refractivity contribution < 1.29 is 8.42 Å². The van der Waals surface area contributed by atoms with Gasteiger partial charge in [0.05, 0.1) is 22.0 Å². The average molecular weight is 376 g/mol. The Bertz CT molecular complexity index is 765. The number of sulfone groups is 1. The van der Waals surface area contributed by atoms with Crippen LogP contribution in [-0.4, -0.2) is 38.0 Å². The van der Waals surface area contributed by atoms with Gasteiger partial charge in [-0.15, -0.1) is 0 Å². The van der Waals surface area contributed by atoms with E-state index in [4.69, 9.17) is 11.6 Å². The van der Waals surface area contributed by atoms with Gasteiger partial charge >= 0.3 is 0 Å². The van der Waals surface area contributed by atoms with E-state index in [1.165, 1.54) is 0 Å². The van der Waals surface area contributed by atoms with Crippen molar-refractivity contribution in [2.45, 2.75) is 0 Å². The molecule has 20 heavy (non-hydrogen) atoms. The SMILES string of the molecule is O=S1(=O)CCN(c2ccc3cc(Br)cc(Cl)c3n2)CC1. The molecule has 1 aliphatic heterocycles. The summed E-state index contributed by atoms with van der Waals surface area (Å²) in [6.45, 7) is 0.962. The lowest BCUT2D eigenvalue weighted by molar-refractivity contribution is 0.586. The summed E-state index contributed by atoms with van der Waals surface area (Å²) in [4.78, 5) is 6.55. The molecule has 4 nitrogen and oxygen atoms in total. The Kier molecular flexibility index (Phi) is 3.64. The first-order valence-corrected chi connectivity index (χ1v) is 9.15. The lowest BCUT2D eigenvalue weighted by atomic mass is 10.2. The third kappa shape index (κ3) is 2.77. The van der Waals surface area contributed by atoms with Crippen molar-refractivity contribution in [2.75, 3.05) is 29.5 Å². The van der Waals surface area contributed by atoms with Crippen molar-refractivity contribution in [2.24, 2.45) is 0 Å². The highest BCUT2D eigenvalue weighted by Crippen LogP contribution is 2.29. The number of benzene rings is 1. The van der Waals surface area contributed by atoms with Crippen LogP contribution in [0.15, 0.2) is 28.7 Å². The van der Waals surface area contributed by atoms with Crippen LogP contribution in [0.4, 0.5) is 5.82 Å². The zero-order valence-corrected chi connectivity index (χ0v) is 13.7. The normalized spacial score (nSPS) is 18.4. The zero-order chi connectivity index (χ0) is 14.3. The summed E-state index contributed by atoms with van der Waals surface area (Å²) in [6.07, 6.45) is 0. The first-order valence-electron chi connectivity index (χ1n) is 6.16. The molecule has 0 amide bonds. The van der Waals surface area contributed by atoms with Crippen LogP contribution in [0.25, 0.3) is 10.9 Å². The van der Waals surface area contributed by atoms with E-state index in [0.29, 0.717) is 18.1 Å². The van der Waals surface area contributed by atoms with Crippen molar-refractivity contribution >= 4 is 54.1 Å². The molecule has 0 unspecified atom stereocenters. The first-order chi connectivity index (χ1) is 9.44. The van der Waals surface area contributed by atoms with Crippen LogP contribution in [-0.2, 0) is 9.84 Å². The molecular formula is C13H12BrClN2O2S. The van der Waals surface area contributed by atoms with E-state index in [-0.39, 0.29) is 11.5 Å². The Balaban J connectivity index is 1.97. The summed E-state index contributed by atoms with van der Waals surface area (Å²) in [5.74, 6) is 1.14. The van der Waals surface area contributed by atoms with Crippen molar-refractivity contribution in [1.29, 1.82) is 0 Å². The van der Waals surface area contributed by atoms with Gasteiger partial charge in [-0.25, -0.2) is 13.4 Å². The van der Waals surface area contributed by atoms with Crippen LogP contribution in [0.2, 0.25) is 5.02 Å². The van der Waals surface area contributed by atoms with E-state index in [0.717, 1.165) is 21.2 Å². The molecule has 1 aromatic heterocycles. The molecule has 1 aliphatic rings. The largest absolute Gasteiger partial charge is 0.355 e. The molecule has 3 rings (SSSR count). The summed E-state index contributed by atoms with van der Waals surface area (Å²) in [5, 5.41) is 1.54. The molecule has 0 spiro atoms. The second-order valence-electron chi connectivity index (χ2n) is 4.77. The number of aromatic nitrogens is 1. The molecule has 0 N–H and O–H groups in total. The molecule has 1 saturated heterocycles. The van der Waals surface area contributed by atoms with Gasteiger partial charge in [0.25, 0.3) is 0 Å². The maximum Gasteiger partial charge on any atom is 0.153 e. The third-order valence-electron chi connectivity index (χ3n) is 3.36. The van der Waals surface area contributed by atoms with Crippen molar-refractivity contribution in [1.82, 2.24) is 4.98 Å². The Hall–Kier alpha value is -0.850. The fourth-order valence-corrected chi connectivity index (χ4v) is 4.34. The predicted octanol–water partition coefficient (Wildman–Crippen LogP) is 2.89. The first kappa shape index (κ1) is 14.1. The summed E-state index contributed by atoms with van der Waals surface area (Å²) in [6, 6.07) is 7.63. The molecule has 0 bridgehead atoms. The second kappa shape index (κ2) is 5.16. The smallest absolute Gasteiger partial charge is 0.153 e. The summed E-state index contributed by atoms with van der Waals surface area (Å²) < 4.78 is 23.8. The quantitative estimate of drug-likeness (QED) is 0.769. The van der Waals surface area contributed by atoms with Gasteiger partial charge in [-0.05, 0) is 24.3 Å². The lowest BCUT2D eigenvalue weighted by Crippen LogP contribution is -2.40. The highest BCUT2D eigenvalue weighted by Gasteiger charge is 2.22. The van der Waals surface area contributed by atoms with E-state index < -0.39 is 9.84 Å². The van der Waals surface area contributed by atoms with Gasteiger partial charge in [-0.2, -0.15) is 0 Å². The van der Waals surface area contributed by atoms with Crippen LogP contribution in [0.5, 0.6) is 0 Å². The minimum absolute atomic E-state index is 0.181. The molecule has 0 radical (unpaired) electrons. The predicted molar refractivity (Wildman–Crippen MR) is 85.3 cm³/mol. The molecular weight excluding hydrogens is 364 g/mol. The number of hydrogen-bond acceptors (Lipinski definition) is 4. The van der Waals surface area contributed by atoms with Gasteiger partial charge in [-0.1, -0.05) is 27.5 Å². The van der Waals surface area contributed by atoms with Crippen LogP contribution >= 0.6 is 27.5 Å².